The molecule has 5 nitrogen and oxygen atoms in total. The molecule has 0 bridgehead atoms. The predicted octanol–water partition coefficient (Wildman–Crippen LogP) is 2.68. The molecule has 1 heterocycles. The third-order valence-electron chi connectivity index (χ3n) is 4.00. The topological polar surface area (TPSA) is 60.0 Å². The molecule has 1 aliphatic rings. The number of aliphatic hydroxyl groups is 1. The third kappa shape index (κ3) is 3.80. The van der Waals surface area contributed by atoms with E-state index >= 15 is 0 Å². The molecule has 0 amide bonds. The second-order valence-electron chi connectivity index (χ2n) is 5.68. The van der Waals surface area contributed by atoms with Gasteiger partial charge in [0.2, 0.25) is 0 Å². The van der Waals surface area contributed by atoms with Crippen molar-refractivity contribution in [2.24, 2.45) is 0 Å². The summed E-state index contributed by atoms with van der Waals surface area (Å²) in [5.74, 6) is 2.28. The lowest BCUT2D eigenvalue weighted by Crippen LogP contribution is -2.21. The number of methoxy groups -OCH3 is 1. The molecule has 0 saturated carbocycles. The first-order valence-corrected chi connectivity index (χ1v) is 8.19. The molecule has 0 aromatic heterocycles. The van der Waals surface area contributed by atoms with Crippen LogP contribution in [0.3, 0.4) is 0 Å². The van der Waals surface area contributed by atoms with Gasteiger partial charge in [0.25, 0.3) is 0 Å². The van der Waals surface area contributed by atoms with Crippen LogP contribution in [0.2, 0.25) is 0 Å². The summed E-state index contributed by atoms with van der Waals surface area (Å²) in [5, 5.41) is 13.7. The summed E-state index contributed by atoms with van der Waals surface area (Å²) >= 11 is 0. The zero-order valence-electron chi connectivity index (χ0n) is 13.8. The van der Waals surface area contributed by atoms with Crippen LogP contribution >= 0.6 is 0 Å². The molecular weight excluding hydrogens is 306 g/mol. The van der Waals surface area contributed by atoms with Gasteiger partial charge in [0.15, 0.2) is 11.5 Å². The van der Waals surface area contributed by atoms with Gasteiger partial charge in [-0.05, 0) is 12.1 Å². The highest BCUT2D eigenvalue weighted by Gasteiger charge is 2.16. The van der Waals surface area contributed by atoms with Crippen LogP contribution in [-0.4, -0.2) is 32.0 Å². The maximum Gasteiger partial charge on any atom is 0.165 e. The summed E-state index contributed by atoms with van der Waals surface area (Å²) < 4.78 is 16.8. The zero-order chi connectivity index (χ0) is 16.8. The first kappa shape index (κ1) is 16.6. The monoisotopic (exact) mass is 329 g/mol. The number of aliphatic hydroxyl groups excluding tert-OH is 1. The second kappa shape index (κ2) is 8.04. The molecule has 0 saturated heterocycles. The van der Waals surface area contributed by atoms with Crippen molar-refractivity contribution in [1.82, 2.24) is 5.32 Å². The summed E-state index contributed by atoms with van der Waals surface area (Å²) in [6, 6.07) is 13.4. The summed E-state index contributed by atoms with van der Waals surface area (Å²) in [5.41, 5.74) is 1.81. The second-order valence-corrected chi connectivity index (χ2v) is 5.68. The first-order chi connectivity index (χ1) is 11.8. The van der Waals surface area contributed by atoms with Gasteiger partial charge in [0.1, 0.15) is 5.75 Å². The van der Waals surface area contributed by atoms with Crippen molar-refractivity contribution in [3.63, 3.8) is 0 Å². The fourth-order valence-electron chi connectivity index (χ4n) is 2.79. The number of hydrogen-bond acceptors (Lipinski definition) is 5. The van der Waals surface area contributed by atoms with E-state index < -0.39 is 6.10 Å². The quantitative estimate of drug-likeness (QED) is 0.853. The summed E-state index contributed by atoms with van der Waals surface area (Å²) in [4.78, 5) is 0. The van der Waals surface area contributed by atoms with Crippen molar-refractivity contribution in [2.75, 3.05) is 26.9 Å². The highest BCUT2D eigenvalue weighted by atomic mass is 16.5. The Morgan fingerprint density at radius 2 is 1.96 bits per heavy atom. The minimum absolute atomic E-state index is 0.422. The fraction of sp³-hybridized carbons (Fsp3) is 0.368. The van der Waals surface area contributed by atoms with Crippen LogP contribution in [0.4, 0.5) is 0 Å². The molecule has 0 aliphatic carbocycles. The lowest BCUT2D eigenvalue weighted by atomic mass is 10.1. The van der Waals surface area contributed by atoms with Crippen molar-refractivity contribution >= 4 is 0 Å². The predicted molar refractivity (Wildman–Crippen MR) is 91.7 cm³/mol. The number of benzene rings is 2. The lowest BCUT2D eigenvalue weighted by Gasteiger charge is -2.17. The maximum atomic E-state index is 10.4. The number of hydrogen-bond donors (Lipinski definition) is 2. The molecule has 2 N–H and O–H groups in total. The summed E-state index contributed by atoms with van der Waals surface area (Å²) in [7, 11) is 1.61. The Morgan fingerprint density at radius 3 is 2.83 bits per heavy atom. The van der Waals surface area contributed by atoms with Gasteiger partial charge < -0.3 is 24.6 Å². The van der Waals surface area contributed by atoms with Gasteiger partial charge in [-0.1, -0.05) is 30.3 Å². The third-order valence-corrected chi connectivity index (χ3v) is 4.00. The normalized spacial score (nSPS) is 14.8. The fourth-order valence-corrected chi connectivity index (χ4v) is 2.79. The van der Waals surface area contributed by atoms with E-state index in [-0.39, 0.29) is 0 Å². The SMILES string of the molecule is COc1ccccc1C(O)CNCc1cccc2c1OCCCO2. The summed E-state index contributed by atoms with van der Waals surface area (Å²) in [6.07, 6.45) is 0.245. The Hall–Kier alpha value is -2.24. The van der Waals surface area contributed by atoms with Crippen LogP contribution in [-0.2, 0) is 6.54 Å². The van der Waals surface area contributed by atoms with E-state index in [9.17, 15) is 5.11 Å². The van der Waals surface area contributed by atoms with Crippen molar-refractivity contribution in [3.8, 4) is 17.2 Å². The van der Waals surface area contributed by atoms with Gasteiger partial charge in [-0.15, -0.1) is 0 Å². The van der Waals surface area contributed by atoms with Gasteiger partial charge in [0.05, 0.1) is 26.4 Å². The molecule has 1 atom stereocenters. The molecule has 0 fully saturated rings. The molecule has 0 radical (unpaired) electrons. The van der Waals surface area contributed by atoms with E-state index in [0.29, 0.717) is 32.1 Å². The van der Waals surface area contributed by atoms with Crippen LogP contribution in [0.5, 0.6) is 17.2 Å². The van der Waals surface area contributed by atoms with Crippen LogP contribution < -0.4 is 19.5 Å². The van der Waals surface area contributed by atoms with Gasteiger partial charge in [0, 0.05) is 30.6 Å². The largest absolute Gasteiger partial charge is 0.496 e. The van der Waals surface area contributed by atoms with Crippen LogP contribution in [0, 0.1) is 0 Å². The van der Waals surface area contributed by atoms with Gasteiger partial charge in [-0.2, -0.15) is 0 Å². The van der Waals surface area contributed by atoms with E-state index in [1.807, 2.05) is 42.5 Å². The van der Waals surface area contributed by atoms with Crippen molar-refractivity contribution in [1.29, 1.82) is 0 Å². The highest BCUT2D eigenvalue weighted by Crippen LogP contribution is 2.33. The Labute approximate surface area is 142 Å². The molecule has 2 aromatic carbocycles. The van der Waals surface area contributed by atoms with Crippen LogP contribution in [0.15, 0.2) is 42.5 Å². The van der Waals surface area contributed by atoms with E-state index in [0.717, 1.165) is 29.0 Å². The van der Waals surface area contributed by atoms with E-state index in [1.165, 1.54) is 0 Å². The Bertz CT molecular complexity index is 674. The number of ether oxygens (including phenoxy) is 3. The molecule has 3 rings (SSSR count). The molecule has 1 unspecified atom stereocenters. The maximum absolute atomic E-state index is 10.4. The molecule has 2 aromatic rings. The van der Waals surface area contributed by atoms with E-state index in [4.69, 9.17) is 14.2 Å². The Kier molecular flexibility index (Phi) is 5.56. The van der Waals surface area contributed by atoms with Crippen LogP contribution in [0.1, 0.15) is 23.7 Å². The van der Waals surface area contributed by atoms with Gasteiger partial charge in [-0.25, -0.2) is 0 Å². The van der Waals surface area contributed by atoms with E-state index in [2.05, 4.69) is 5.32 Å². The molecule has 24 heavy (non-hydrogen) atoms. The number of fused-ring (bicyclic) bond motifs is 1. The number of rotatable bonds is 6. The first-order valence-electron chi connectivity index (χ1n) is 8.19. The molecular formula is C19H23NO4. The Balaban J connectivity index is 1.62. The number of nitrogens with one attached hydrogen (secondary N) is 1. The van der Waals surface area contributed by atoms with Crippen molar-refractivity contribution in [2.45, 2.75) is 19.1 Å². The smallest absolute Gasteiger partial charge is 0.165 e. The Morgan fingerprint density at radius 1 is 1.12 bits per heavy atom. The lowest BCUT2D eigenvalue weighted by molar-refractivity contribution is 0.170. The molecule has 0 spiro atoms. The van der Waals surface area contributed by atoms with Gasteiger partial charge in [-0.3, -0.25) is 0 Å². The highest BCUT2D eigenvalue weighted by molar-refractivity contribution is 5.47. The minimum atomic E-state index is -0.638. The number of para-hydroxylation sites is 2. The van der Waals surface area contributed by atoms with Gasteiger partial charge >= 0.3 is 0 Å². The van der Waals surface area contributed by atoms with Crippen LogP contribution in [0.25, 0.3) is 0 Å². The molecule has 5 heteroatoms. The van der Waals surface area contributed by atoms with Crippen molar-refractivity contribution < 1.29 is 19.3 Å². The minimum Gasteiger partial charge on any atom is -0.496 e. The molecule has 1 aliphatic heterocycles. The standard InChI is InChI=1S/C19H23NO4/c1-22-17-8-3-2-7-15(17)16(21)13-20-12-14-6-4-9-18-19(14)24-11-5-10-23-18/h2-4,6-9,16,20-21H,5,10-13H2,1H3. The van der Waals surface area contributed by atoms with Crippen molar-refractivity contribution in [3.05, 3.63) is 53.6 Å². The summed E-state index contributed by atoms with van der Waals surface area (Å²) in [6.45, 7) is 2.36. The molecule has 128 valence electrons. The average Bonchev–Trinajstić information content (AvgIpc) is 2.87. The zero-order valence-corrected chi connectivity index (χ0v) is 13.8. The average molecular weight is 329 g/mol. The van der Waals surface area contributed by atoms with E-state index in [1.54, 1.807) is 7.11 Å².